The summed E-state index contributed by atoms with van der Waals surface area (Å²) in [5, 5.41) is 4.58. The normalized spacial score (nSPS) is 29.8. The maximum Gasteiger partial charge on any atom is 0.0172 e. The lowest BCUT2D eigenvalue weighted by molar-refractivity contribution is 0.299. The van der Waals surface area contributed by atoms with Gasteiger partial charge < -0.3 is 10.2 Å². The third-order valence-corrected chi connectivity index (χ3v) is 4.85. The zero-order valence-electron chi connectivity index (χ0n) is 9.87. The van der Waals surface area contributed by atoms with Gasteiger partial charge in [-0.1, -0.05) is 0 Å². The maximum atomic E-state index is 3.69. The number of rotatable bonds is 5. The molecule has 0 saturated carbocycles. The highest BCUT2D eigenvalue weighted by atomic mass is 32.2. The number of hydrogen-bond acceptors (Lipinski definition) is 3. The molecule has 0 aromatic carbocycles. The van der Waals surface area contributed by atoms with Crippen molar-refractivity contribution in [1.29, 1.82) is 0 Å². The van der Waals surface area contributed by atoms with Crippen molar-refractivity contribution in [3.63, 3.8) is 0 Å². The Hall–Kier alpha value is 0.270. The van der Waals surface area contributed by atoms with Gasteiger partial charge in [-0.05, 0) is 51.4 Å². The van der Waals surface area contributed by atoms with E-state index < -0.39 is 0 Å². The van der Waals surface area contributed by atoms with Crippen molar-refractivity contribution >= 4 is 11.8 Å². The molecule has 0 spiro atoms. The fraction of sp³-hybridized carbons (Fsp3) is 1.00. The van der Waals surface area contributed by atoms with E-state index in [4.69, 9.17) is 0 Å². The zero-order chi connectivity index (χ0) is 10.5. The maximum absolute atomic E-state index is 3.69. The standard InChI is InChI=1S/C12H24N2S/c1-11(10-14-6-2-3-7-14)13-9-12-5-4-8-15-12/h11-13H,2-10H2,1H3. The summed E-state index contributed by atoms with van der Waals surface area (Å²) in [6.45, 7) is 7.45. The molecule has 2 rings (SSSR count). The Labute approximate surface area is 98.2 Å². The molecule has 2 aliphatic heterocycles. The van der Waals surface area contributed by atoms with Crippen LogP contribution in [0, 0.1) is 0 Å². The second kappa shape index (κ2) is 6.12. The van der Waals surface area contributed by atoms with Crippen LogP contribution in [0.2, 0.25) is 0 Å². The molecule has 2 heterocycles. The van der Waals surface area contributed by atoms with Gasteiger partial charge in [0.25, 0.3) is 0 Å². The molecule has 2 saturated heterocycles. The summed E-state index contributed by atoms with van der Waals surface area (Å²) < 4.78 is 0. The van der Waals surface area contributed by atoms with Crippen molar-refractivity contribution < 1.29 is 0 Å². The number of nitrogens with zero attached hydrogens (tertiary/aromatic N) is 1. The van der Waals surface area contributed by atoms with E-state index in [1.54, 1.807) is 0 Å². The van der Waals surface area contributed by atoms with Crippen molar-refractivity contribution in [3.05, 3.63) is 0 Å². The highest BCUT2D eigenvalue weighted by Gasteiger charge is 2.18. The molecule has 2 atom stereocenters. The van der Waals surface area contributed by atoms with Gasteiger partial charge in [-0.15, -0.1) is 0 Å². The molecule has 2 aliphatic rings. The summed E-state index contributed by atoms with van der Waals surface area (Å²) in [6.07, 6.45) is 5.67. The van der Waals surface area contributed by atoms with Gasteiger partial charge in [0.05, 0.1) is 0 Å². The van der Waals surface area contributed by atoms with Gasteiger partial charge in [0.15, 0.2) is 0 Å². The summed E-state index contributed by atoms with van der Waals surface area (Å²) in [5.41, 5.74) is 0. The summed E-state index contributed by atoms with van der Waals surface area (Å²) in [7, 11) is 0. The highest BCUT2D eigenvalue weighted by Crippen LogP contribution is 2.25. The molecule has 2 unspecified atom stereocenters. The second-order valence-corrected chi connectivity index (χ2v) is 6.36. The van der Waals surface area contributed by atoms with Crippen LogP contribution in [0.15, 0.2) is 0 Å². The minimum atomic E-state index is 0.671. The Bertz CT molecular complexity index is 174. The lowest BCUT2D eigenvalue weighted by atomic mass is 10.2. The predicted molar refractivity (Wildman–Crippen MR) is 68.6 cm³/mol. The molecule has 3 heteroatoms. The Morgan fingerprint density at radius 2 is 2.13 bits per heavy atom. The summed E-state index contributed by atoms with van der Waals surface area (Å²) in [6, 6.07) is 0.671. The number of hydrogen-bond donors (Lipinski definition) is 1. The molecule has 88 valence electrons. The van der Waals surface area contributed by atoms with Crippen molar-refractivity contribution in [2.45, 2.75) is 43.9 Å². The Morgan fingerprint density at radius 1 is 1.33 bits per heavy atom. The van der Waals surface area contributed by atoms with Crippen LogP contribution in [-0.2, 0) is 0 Å². The Morgan fingerprint density at radius 3 is 2.80 bits per heavy atom. The van der Waals surface area contributed by atoms with Crippen LogP contribution in [0.4, 0.5) is 0 Å². The molecular weight excluding hydrogens is 204 g/mol. The van der Waals surface area contributed by atoms with E-state index in [-0.39, 0.29) is 0 Å². The van der Waals surface area contributed by atoms with E-state index in [0.717, 1.165) is 5.25 Å². The predicted octanol–water partition coefficient (Wildman–Crippen LogP) is 1.96. The van der Waals surface area contributed by atoms with Crippen LogP contribution in [0.1, 0.15) is 32.6 Å². The molecule has 0 bridgehead atoms. The average molecular weight is 228 g/mol. The van der Waals surface area contributed by atoms with E-state index >= 15 is 0 Å². The smallest absolute Gasteiger partial charge is 0.0172 e. The second-order valence-electron chi connectivity index (χ2n) is 4.95. The zero-order valence-corrected chi connectivity index (χ0v) is 10.7. The van der Waals surface area contributed by atoms with Gasteiger partial charge in [-0.3, -0.25) is 0 Å². The molecule has 0 aliphatic carbocycles. The molecule has 1 N–H and O–H groups in total. The lowest BCUT2D eigenvalue weighted by Gasteiger charge is -2.22. The van der Waals surface area contributed by atoms with E-state index in [1.165, 1.54) is 57.6 Å². The fourth-order valence-corrected chi connectivity index (χ4v) is 3.77. The average Bonchev–Trinajstić information content (AvgIpc) is 2.86. The van der Waals surface area contributed by atoms with E-state index in [2.05, 4.69) is 28.9 Å². The fourth-order valence-electron chi connectivity index (χ4n) is 2.56. The first-order valence-corrected chi connectivity index (χ1v) is 7.47. The van der Waals surface area contributed by atoms with E-state index in [0.29, 0.717) is 6.04 Å². The van der Waals surface area contributed by atoms with Crippen LogP contribution in [0.5, 0.6) is 0 Å². The monoisotopic (exact) mass is 228 g/mol. The van der Waals surface area contributed by atoms with E-state index in [9.17, 15) is 0 Å². The molecule has 0 aromatic heterocycles. The van der Waals surface area contributed by atoms with Crippen molar-refractivity contribution in [1.82, 2.24) is 10.2 Å². The first-order chi connectivity index (χ1) is 7.34. The van der Waals surface area contributed by atoms with Gasteiger partial charge in [0.1, 0.15) is 0 Å². The molecule has 0 radical (unpaired) electrons. The number of thioether (sulfide) groups is 1. The molecule has 0 amide bonds. The molecule has 2 nitrogen and oxygen atoms in total. The highest BCUT2D eigenvalue weighted by molar-refractivity contribution is 8.00. The van der Waals surface area contributed by atoms with Gasteiger partial charge in [-0.25, -0.2) is 0 Å². The lowest BCUT2D eigenvalue weighted by Crippen LogP contribution is -2.40. The van der Waals surface area contributed by atoms with E-state index in [1.807, 2.05) is 0 Å². The number of nitrogens with one attached hydrogen (secondary N) is 1. The van der Waals surface area contributed by atoms with Crippen LogP contribution in [-0.4, -0.2) is 48.1 Å². The minimum Gasteiger partial charge on any atom is -0.312 e. The van der Waals surface area contributed by atoms with Gasteiger partial charge >= 0.3 is 0 Å². The molecule has 2 fully saturated rings. The minimum absolute atomic E-state index is 0.671. The topological polar surface area (TPSA) is 15.3 Å². The van der Waals surface area contributed by atoms with Crippen molar-refractivity contribution in [3.8, 4) is 0 Å². The van der Waals surface area contributed by atoms with Crippen molar-refractivity contribution in [2.24, 2.45) is 0 Å². The van der Waals surface area contributed by atoms with Crippen LogP contribution in [0.3, 0.4) is 0 Å². The van der Waals surface area contributed by atoms with Crippen LogP contribution < -0.4 is 5.32 Å². The first kappa shape index (κ1) is 11.7. The SMILES string of the molecule is CC(CN1CCCC1)NCC1CCCS1. The third-order valence-electron chi connectivity index (χ3n) is 3.45. The summed E-state index contributed by atoms with van der Waals surface area (Å²) in [5.74, 6) is 1.38. The quantitative estimate of drug-likeness (QED) is 0.774. The first-order valence-electron chi connectivity index (χ1n) is 6.42. The van der Waals surface area contributed by atoms with Crippen molar-refractivity contribution in [2.75, 3.05) is 31.9 Å². The number of likely N-dealkylation sites (tertiary alicyclic amines) is 1. The van der Waals surface area contributed by atoms with Gasteiger partial charge in [0, 0.05) is 24.4 Å². The van der Waals surface area contributed by atoms with Gasteiger partial charge in [0.2, 0.25) is 0 Å². The largest absolute Gasteiger partial charge is 0.312 e. The molecular formula is C12H24N2S. The molecule has 15 heavy (non-hydrogen) atoms. The van der Waals surface area contributed by atoms with Crippen LogP contribution >= 0.6 is 11.8 Å². The van der Waals surface area contributed by atoms with Crippen LogP contribution in [0.25, 0.3) is 0 Å². The van der Waals surface area contributed by atoms with Gasteiger partial charge in [-0.2, -0.15) is 11.8 Å². The molecule has 0 aromatic rings. The summed E-state index contributed by atoms with van der Waals surface area (Å²) in [4.78, 5) is 2.60. The Balaban J connectivity index is 1.57. The third kappa shape index (κ3) is 3.97. The summed E-state index contributed by atoms with van der Waals surface area (Å²) >= 11 is 2.15. The Kier molecular flexibility index (Phi) is 4.79.